The van der Waals surface area contributed by atoms with Gasteiger partial charge in [0.2, 0.25) is 5.91 Å². The van der Waals surface area contributed by atoms with E-state index < -0.39 is 6.04 Å². The number of piperidine rings is 1. The van der Waals surface area contributed by atoms with Gasteiger partial charge in [0.1, 0.15) is 0 Å². The zero-order valence-corrected chi connectivity index (χ0v) is 11.1. The molecule has 1 fully saturated rings. The zero-order valence-electron chi connectivity index (χ0n) is 11.1. The van der Waals surface area contributed by atoms with Gasteiger partial charge in [0.15, 0.2) is 0 Å². The molecule has 1 saturated heterocycles. The number of pyridine rings is 1. The van der Waals surface area contributed by atoms with Crippen LogP contribution in [0.3, 0.4) is 0 Å². The minimum absolute atomic E-state index is 0.0152. The highest BCUT2D eigenvalue weighted by molar-refractivity contribution is 5.81. The second kappa shape index (κ2) is 4.49. The summed E-state index contributed by atoms with van der Waals surface area (Å²) in [5, 5.41) is 0. The fourth-order valence-electron chi connectivity index (χ4n) is 3.36. The average Bonchev–Trinajstić information content (AvgIpc) is 2.39. The van der Waals surface area contributed by atoms with E-state index in [1.165, 1.54) is 0 Å². The Hall–Kier alpha value is -1.62. The third-order valence-electron chi connectivity index (χ3n) is 4.18. The topological polar surface area (TPSA) is 68.3 Å². The maximum atomic E-state index is 12.0. The lowest BCUT2D eigenvalue weighted by atomic mass is 9.83. The smallest absolute Gasteiger partial charge is 0.250 e. The molecule has 0 spiro atoms. The van der Waals surface area contributed by atoms with Gasteiger partial charge in [0, 0.05) is 37.3 Å². The fourth-order valence-corrected chi connectivity index (χ4v) is 3.36. The van der Waals surface area contributed by atoms with E-state index in [2.05, 4.69) is 0 Å². The monoisotopic (exact) mass is 261 g/mol. The predicted molar refractivity (Wildman–Crippen MR) is 71.8 cm³/mol. The Bertz CT molecular complexity index is 564. The van der Waals surface area contributed by atoms with Gasteiger partial charge in [0.05, 0.1) is 6.04 Å². The van der Waals surface area contributed by atoms with Gasteiger partial charge >= 0.3 is 0 Å². The maximum absolute atomic E-state index is 12.0. The number of amides is 1. The highest BCUT2D eigenvalue weighted by atomic mass is 16.2. The van der Waals surface area contributed by atoms with Gasteiger partial charge < -0.3 is 15.2 Å². The Balaban J connectivity index is 1.92. The van der Waals surface area contributed by atoms with E-state index in [1.54, 1.807) is 19.1 Å². The van der Waals surface area contributed by atoms with Crippen molar-refractivity contribution in [3.8, 4) is 0 Å². The minimum atomic E-state index is -0.447. The summed E-state index contributed by atoms with van der Waals surface area (Å²) in [5.74, 6) is 0.652. The van der Waals surface area contributed by atoms with E-state index in [4.69, 9.17) is 5.73 Å². The van der Waals surface area contributed by atoms with Crippen LogP contribution in [0.5, 0.6) is 0 Å². The molecule has 5 heteroatoms. The number of hydrogen-bond donors (Lipinski definition) is 1. The molecule has 2 N–H and O–H groups in total. The van der Waals surface area contributed by atoms with Crippen molar-refractivity contribution in [2.45, 2.75) is 31.8 Å². The Morgan fingerprint density at radius 3 is 2.89 bits per heavy atom. The number of fused-ring (bicyclic) bond motifs is 4. The largest absolute Gasteiger partial charge is 0.340 e. The summed E-state index contributed by atoms with van der Waals surface area (Å²) in [6.45, 7) is 3.84. The summed E-state index contributed by atoms with van der Waals surface area (Å²) in [4.78, 5) is 25.8. The first-order chi connectivity index (χ1) is 9.06. The number of nitrogens with zero attached hydrogens (tertiary/aromatic N) is 2. The molecule has 0 aromatic carbocycles. The van der Waals surface area contributed by atoms with Crippen molar-refractivity contribution in [1.82, 2.24) is 9.47 Å². The van der Waals surface area contributed by atoms with Crippen molar-refractivity contribution < 1.29 is 4.79 Å². The molecule has 0 aliphatic carbocycles. The summed E-state index contributed by atoms with van der Waals surface area (Å²) in [5.41, 5.74) is 6.82. The van der Waals surface area contributed by atoms with Crippen molar-refractivity contribution >= 4 is 5.91 Å². The lowest BCUT2D eigenvalue weighted by Gasteiger charge is -2.43. The molecule has 2 aliphatic rings. The summed E-state index contributed by atoms with van der Waals surface area (Å²) >= 11 is 0. The molecule has 3 atom stereocenters. The van der Waals surface area contributed by atoms with E-state index >= 15 is 0 Å². The molecule has 3 rings (SSSR count). The van der Waals surface area contributed by atoms with Gasteiger partial charge in [-0.15, -0.1) is 0 Å². The number of rotatable bonds is 1. The van der Waals surface area contributed by atoms with Gasteiger partial charge in [-0.05, 0) is 25.3 Å². The van der Waals surface area contributed by atoms with Crippen molar-refractivity contribution in [1.29, 1.82) is 0 Å². The molecular weight excluding hydrogens is 242 g/mol. The highest BCUT2D eigenvalue weighted by Gasteiger charge is 2.36. The van der Waals surface area contributed by atoms with Crippen LogP contribution in [0.4, 0.5) is 0 Å². The second-order valence-electron chi connectivity index (χ2n) is 5.73. The van der Waals surface area contributed by atoms with Gasteiger partial charge in [-0.25, -0.2) is 0 Å². The summed E-state index contributed by atoms with van der Waals surface area (Å²) in [7, 11) is 0. The first-order valence-corrected chi connectivity index (χ1v) is 6.80. The molecule has 0 radical (unpaired) electrons. The quantitative estimate of drug-likeness (QED) is 0.782. The molecule has 1 aromatic rings. The lowest BCUT2D eigenvalue weighted by Crippen LogP contribution is -2.52. The van der Waals surface area contributed by atoms with E-state index in [9.17, 15) is 9.59 Å². The first-order valence-electron chi connectivity index (χ1n) is 6.80. The Morgan fingerprint density at radius 1 is 1.37 bits per heavy atom. The molecule has 1 aromatic heterocycles. The molecule has 2 bridgehead atoms. The maximum Gasteiger partial charge on any atom is 0.250 e. The van der Waals surface area contributed by atoms with Crippen LogP contribution in [-0.4, -0.2) is 34.5 Å². The predicted octanol–water partition coefficient (Wildman–Crippen LogP) is 0.141. The van der Waals surface area contributed by atoms with E-state index in [1.807, 2.05) is 15.5 Å². The van der Waals surface area contributed by atoms with Crippen molar-refractivity contribution in [2.24, 2.45) is 11.7 Å². The van der Waals surface area contributed by atoms with Crippen molar-refractivity contribution in [3.63, 3.8) is 0 Å². The zero-order chi connectivity index (χ0) is 13.6. The number of likely N-dealkylation sites (tertiary alicyclic amines) is 1. The molecule has 0 unspecified atom stereocenters. The van der Waals surface area contributed by atoms with Crippen LogP contribution < -0.4 is 11.3 Å². The van der Waals surface area contributed by atoms with Crippen LogP contribution in [0.25, 0.3) is 0 Å². The van der Waals surface area contributed by atoms with Crippen molar-refractivity contribution in [3.05, 3.63) is 34.2 Å². The van der Waals surface area contributed by atoms with Gasteiger partial charge in [-0.3, -0.25) is 9.59 Å². The molecule has 19 heavy (non-hydrogen) atoms. The molecule has 3 heterocycles. The summed E-state index contributed by atoms with van der Waals surface area (Å²) < 4.78 is 1.87. The second-order valence-corrected chi connectivity index (χ2v) is 5.73. The van der Waals surface area contributed by atoms with Crippen LogP contribution in [0.2, 0.25) is 0 Å². The lowest BCUT2D eigenvalue weighted by molar-refractivity contribution is -0.134. The third-order valence-corrected chi connectivity index (χ3v) is 4.18. The van der Waals surface area contributed by atoms with Crippen LogP contribution >= 0.6 is 0 Å². The Morgan fingerprint density at radius 2 is 2.16 bits per heavy atom. The van der Waals surface area contributed by atoms with Gasteiger partial charge in [-0.1, -0.05) is 6.07 Å². The van der Waals surface area contributed by atoms with E-state index in [0.29, 0.717) is 19.0 Å². The van der Waals surface area contributed by atoms with Gasteiger partial charge in [0.25, 0.3) is 5.56 Å². The number of hydrogen-bond acceptors (Lipinski definition) is 3. The number of carbonyl (C=O) groups is 1. The van der Waals surface area contributed by atoms with E-state index in [-0.39, 0.29) is 17.4 Å². The molecule has 5 nitrogen and oxygen atoms in total. The number of aromatic nitrogens is 1. The molecule has 1 amide bonds. The summed E-state index contributed by atoms with van der Waals surface area (Å²) in [6.07, 6.45) is 1.06. The highest BCUT2D eigenvalue weighted by Crippen LogP contribution is 2.34. The molecule has 2 aliphatic heterocycles. The molecule has 0 saturated carbocycles. The van der Waals surface area contributed by atoms with Crippen LogP contribution in [-0.2, 0) is 11.3 Å². The SMILES string of the molecule is C[C@@H](N)C(=O)N1C[C@@H]2C[C@@H](C1)c1cccc(=O)n1C2. The number of nitrogens with two attached hydrogens (primary N) is 1. The summed E-state index contributed by atoms with van der Waals surface area (Å²) in [6, 6.07) is 4.97. The van der Waals surface area contributed by atoms with Crippen LogP contribution in [0.15, 0.2) is 23.0 Å². The van der Waals surface area contributed by atoms with Crippen LogP contribution in [0.1, 0.15) is 25.0 Å². The van der Waals surface area contributed by atoms with E-state index in [0.717, 1.165) is 18.7 Å². The fraction of sp³-hybridized carbons (Fsp3) is 0.571. The first kappa shape index (κ1) is 12.4. The average molecular weight is 261 g/mol. The van der Waals surface area contributed by atoms with Gasteiger partial charge in [-0.2, -0.15) is 0 Å². The minimum Gasteiger partial charge on any atom is -0.340 e. The normalized spacial score (nSPS) is 26.7. The number of carbonyl (C=O) groups excluding carboxylic acids is 1. The Labute approximate surface area is 112 Å². The third kappa shape index (κ3) is 2.08. The van der Waals surface area contributed by atoms with Crippen LogP contribution in [0, 0.1) is 5.92 Å². The Kier molecular flexibility index (Phi) is 2.93. The molecular formula is C14H19N3O2. The molecule has 102 valence electrons. The standard InChI is InChI=1S/C14H19N3O2/c1-9(15)14(19)16-6-10-5-11(8-16)12-3-2-4-13(18)17(12)7-10/h2-4,9-11H,5-8,15H2,1H3/t9-,10+,11+/m1/s1. The van der Waals surface area contributed by atoms with Crippen molar-refractivity contribution in [2.75, 3.05) is 13.1 Å².